The molecule has 0 unspecified atom stereocenters. The fourth-order valence-corrected chi connectivity index (χ4v) is 5.15. The van der Waals surface area contributed by atoms with Crippen molar-refractivity contribution in [3.05, 3.63) is 58.3 Å². The van der Waals surface area contributed by atoms with Gasteiger partial charge < -0.3 is 5.32 Å². The van der Waals surface area contributed by atoms with Gasteiger partial charge in [0, 0.05) is 18.2 Å². The van der Waals surface area contributed by atoms with Crippen LogP contribution < -0.4 is 16.0 Å². The van der Waals surface area contributed by atoms with Crippen molar-refractivity contribution >= 4 is 27.0 Å². The zero-order valence-electron chi connectivity index (χ0n) is 21.0. The molecule has 0 spiro atoms. The van der Waals surface area contributed by atoms with Crippen LogP contribution in [0, 0.1) is 12.8 Å². The van der Waals surface area contributed by atoms with Crippen LogP contribution >= 0.6 is 0 Å². The third-order valence-electron chi connectivity index (χ3n) is 7.16. The van der Waals surface area contributed by atoms with Crippen LogP contribution in [0.25, 0.3) is 22.6 Å². The Morgan fingerprint density at radius 3 is 2.53 bits per heavy atom. The third-order valence-corrected chi connectivity index (χ3v) is 8.06. The second kappa shape index (κ2) is 9.17. The second-order valence-electron chi connectivity index (χ2n) is 9.99. The van der Waals surface area contributed by atoms with Crippen molar-refractivity contribution in [2.75, 3.05) is 5.32 Å². The lowest BCUT2D eigenvalue weighted by molar-refractivity contribution is 0.482. The van der Waals surface area contributed by atoms with Crippen molar-refractivity contribution in [2.24, 2.45) is 11.1 Å². The minimum atomic E-state index is -3.84. The molecule has 2 aliphatic rings. The lowest BCUT2D eigenvalue weighted by Crippen LogP contribution is -2.29. The highest BCUT2D eigenvalue weighted by Gasteiger charge is 2.33. The van der Waals surface area contributed by atoms with Crippen molar-refractivity contribution in [1.82, 2.24) is 34.5 Å². The third kappa shape index (κ3) is 4.63. The largest absolute Gasteiger partial charge is 0.360 e. The number of sulfonamides is 1. The molecular formula is C25H27N9O3S. The van der Waals surface area contributed by atoms with Gasteiger partial charge >= 0.3 is 0 Å². The lowest BCUT2D eigenvalue weighted by Gasteiger charge is -2.19. The minimum Gasteiger partial charge on any atom is -0.360 e. The molecule has 1 atom stereocenters. The Bertz CT molecular complexity index is 1710. The molecule has 0 aromatic carbocycles. The van der Waals surface area contributed by atoms with Crippen LogP contribution in [0.5, 0.6) is 0 Å². The Labute approximate surface area is 218 Å². The average Bonchev–Trinajstić information content (AvgIpc) is 3.80. The summed E-state index contributed by atoms with van der Waals surface area (Å²) in [7, 11) is -3.84. The SMILES string of the molecule is Cc1ncnc(C2CC2)c1-c1ncc2nc(NCc3ccc(S(N)(=O)=O)cn3)c(=O)n([C@@H](C)C3CC3)c2n1. The van der Waals surface area contributed by atoms with Gasteiger partial charge in [0.1, 0.15) is 16.7 Å². The molecular weight excluding hydrogens is 506 g/mol. The molecule has 196 valence electrons. The fourth-order valence-electron chi connectivity index (χ4n) is 4.70. The first-order chi connectivity index (χ1) is 18.2. The molecule has 4 heterocycles. The molecule has 4 aromatic heterocycles. The number of aromatic nitrogens is 7. The zero-order valence-corrected chi connectivity index (χ0v) is 21.8. The van der Waals surface area contributed by atoms with Gasteiger partial charge in [-0.1, -0.05) is 0 Å². The molecule has 2 fully saturated rings. The van der Waals surface area contributed by atoms with Gasteiger partial charge in [0.15, 0.2) is 17.3 Å². The number of anilines is 1. The number of rotatable bonds is 8. The maximum absolute atomic E-state index is 13.7. The minimum absolute atomic E-state index is 0.0699. The predicted molar refractivity (Wildman–Crippen MR) is 140 cm³/mol. The highest BCUT2D eigenvalue weighted by Crippen LogP contribution is 2.43. The van der Waals surface area contributed by atoms with E-state index < -0.39 is 10.0 Å². The molecule has 12 nitrogen and oxygen atoms in total. The summed E-state index contributed by atoms with van der Waals surface area (Å²) in [5, 5.41) is 8.20. The summed E-state index contributed by atoms with van der Waals surface area (Å²) >= 11 is 0. The molecule has 6 rings (SSSR count). The molecule has 2 aliphatic carbocycles. The van der Waals surface area contributed by atoms with Crippen LogP contribution in [0.3, 0.4) is 0 Å². The van der Waals surface area contributed by atoms with E-state index in [1.54, 1.807) is 17.1 Å². The molecule has 38 heavy (non-hydrogen) atoms. The first kappa shape index (κ1) is 24.5. The standard InChI is InChI=1S/C25H27N9O3S/c1-13-20(21(16-5-6-16)31-12-30-13)22-29-11-19-24(33-22)34(14(2)15-3-4-15)25(35)23(32-19)28-9-17-7-8-18(10-27-17)38(26,36)37/h7-8,10-12,14-16H,3-6,9H2,1-2H3,(H,28,32)(H2,26,36,37)/t14-/m0/s1. The van der Waals surface area contributed by atoms with Gasteiger partial charge in [-0.2, -0.15) is 0 Å². The second-order valence-corrected chi connectivity index (χ2v) is 11.6. The maximum atomic E-state index is 13.7. The normalized spacial score (nSPS) is 16.5. The van der Waals surface area contributed by atoms with Crippen LogP contribution in [-0.2, 0) is 16.6 Å². The molecule has 13 heteroatoms. The van der Waals surface area contributed by atoms with E-state index in [9.17, 15) is 13.2 Å². The summed E-state index contributed by atoms with van der Waals surface area (Å²) in [6, 6.07) is 2.84. The van der Waals surface area contributed by atoms with Crippen molar-refractivity contribution in [3.8, 4) is 11.4 Å². The Morgan fingerprint density at radius 1 is 1.08 bits per heavy atom. The van der Waals surface area contributed by atoms with E-state index in [2.05, 4.69) is 30.2 Å². The van der Waals surface area contributed by atoms with Gasteiger partial charge in [0.2, 0.25) is 10.0 Å². The number of aryl methyl sites for hydroxylation is 1. The van der Waals surface area contributed by atoms with Crippen LogP contribution in [0.2, 0.25) is 0 Å². The van der Waals surface area contributed by atoms with Crippen molar-refractivity contribution < 1.29 is 8.42 Å². The topological polar surface area (TPSA) is 172 Å². The number of hydrogen-bond acceptors (Lipinski definition) is 10. The molecule has 4 aromatic rings. The summed E-state index contributed by atoms with van der Waals surface area (Å²) in [5.41, 5.74) is 3.79. The van der Waals surface area contributed by atoms with Gasteiger partial charge in [0.05, 0.1) is 35.4 Å². The molecule has 0 aliphatic heterocycles. The smallest absolute Gasteiger partial charge is 0.295 e. The van der Waals surface area contributed by atoms with Crippen LogP contribution in [0.4, 0.5) is 5.82 Å². The van der Waals surface area contributed by atoms with E-state index in [1.165, 1.54) is 18.3 Å². The predicted octanol–water partition coefficient (Wildman–Crippen LogP) is 2.45. The maximum Gasteiger partial charge on any atom is 0.295 e. The number of nitrogens with two attached hydrogens (primary N) is 1. The van der Waals surface area contributed by atoms with Gasteiger partial charge in [0.25, 0.3) is 5.56 Å². The molecule has 3 N–H and O–H groups in total. The summed E-state index contributed by atoms with van der Waals surface area (Å²) in [6.07, 6.45) is 8.67. The monoisotopic (exact) mass is 533 g/mol. The van der Waals surface area contributed by atoms with E-state index in [0.717, 1.165) is 42.6 Å². The van der Waals surface area contributed by atoms with E-state index >= 15 is 0 Å². The first-order valence-electron chi connectivity index (χ1n) is 12.5. The number of primary sulfonamides is 1. The molecule has 0 saturated heterocycles. The van der Waals surface area contributed by atoms with E-state index in [1.807, 2.05) is 13.8 Å². The quantitative estimate of drug-likeness (QED) is 0.343. The van der Waals surface area contributed by atoms with Gasteiger partial charge in [-0.15, -0.1) is 0 Å². The molecule has 0 bridgehead atoms. The van der Waals surface area contributed by atoms with Crippen molar-refractivity contribution in [1.29, 1.82) is 0 Å². The summed E-state index contributed by atoms with van der Waals surface area (Å²) in [5.74, 6) is 1.42. The lowest BCUT2D eigenvalue weighted by atomic mass is 10.1. The average molecular weight is 534 g/mol. The number of nitrogens with zero attached hydrogens (tertiary/aromatic N) is 7. The van der Waals surface area contributed by atoms with Crippen molar-refractivity contribution in [2.45, 2.75) is 62.9 Å². The van der Waals surface area contributed by atoms with E-state index in [4.69, 9.17) is 10.1 Å². The van der Waals surface area contributed by atoms with E-state index in [0.29, 0.717) is 34.5 Å². The Balaban J connectivity index is 1.40. The number of nitrogens with one attached hydrogen (secondary N) is 1. The van der Waals surface area contributed by atoms with Crippen LogP contribution in [0.15, 0.2) is 40.5 Å². The number of hydrogen-bond donors (Lipinski definition) is 2. The Hall–Kier alpha value is -3.84. The van der Waals surface area contributed by atoms with Gasteiger partial charge in [-0.25, -0.2) is 38.5 Å². The number of pyridine rings is 1. The summed E-state index contributed by atoms with van der Waals surface area (Å²) < 4.78 is 24.7. The zero-order chi connectivity index (χ0) is 26.6. The Morgan fingerprint density at radius 2 is 1.87 bits per heavy atom. The molecule has 0 radical (unpaired) electrons. The van der Waals surface area contributed by atoms with Crippen molar-refractivity contribution in [3.63, 3.8) is 0 Å². The summed E-state index contributed by atoms with van der Waals surface area (Å²) in [6.45, 7) is 4.12. The van der Waals surface area contributed by atoms with Crippen LogP contribution in [-0.4, -0.2) is 42.9 Å². The fraction of sp³-hybridized carbons (Fsp3) is 0.400. The van der Waals surface area contributed by atoms with Gasteiger partial charge in [-0.3, -0.25) is 14.3 Å². The van der Waals surface area contributed by atoms with Crippen LogP contribution in [0.1, 0.15) is 61.6 Å². The highest BCUT2D eigenvalue weighted by atomic mass is 32.2. The summed E-state index contributed by atoms with van der Waals surface area (Å²) in [4.78, 5) is 40.7. The molecule has 0 amide bonds. The molecule has 2 saturated carbocycles. The highest BCUT2D eigenvalue weighted by molar-refractivity contribution is 7.89. The first-order valence-corrected chi connectivity index (χ1v) is 14.1. The van der Waals surface area contributed by atoms with E-state index in [-0.39, 0.29) is 28.9 Å². The number of fused-ring (bicyclic) bond motifs is 1. The Kier molecular flexibility index (Phi) is 5.91. The van der Waals surface area contributed by atoms with Gasteiger partial charge in [-0.05, 0) is 57.6 Å².